The number of aliphatic hydroxyl groups is 1. The average molecular weight is 374 g/mol. The molecule has 0 amide bonds. The van der Waals surface area contributed by atoms with E-state index >= 15 is 0 Å². The van der Waals surface area contributed by atoms with Gasteiger partial charge in [-0.25, -0.2) is 0 Å². The maximum Gasteiger partial charge on any atom is 0.204 e. The lowest BCUT2D eigenvalue weighted by Gasteiger charge is -2.44. The minimum absolute atomic E-state index is 0.216. The number of ether oxygens (including phenoxy) is 1. The van der Waals surface area contributed by atoms with Crippen molar-refractivity contribution in [3.8, 4) is 0 Å². The molecule has 1 aromatic rings. The minimum atomic E-state index is -1.00. The summed E-state index contributed by atoms with van der Waals surface area (Å²) in [5, 5.41) is 12.0. The van der Waals surface area contributed by atoms with Crippen LogP contribution in [0.1, 0.15) is 44.1 Å². The lowest BCUT2D eigenvalue weighted by Crippen LogP contribution is -2.52. The van der Waals surface area contributed by atoms with Crippen LogP contribution in [0.4, 0.5) is 0 Å². The van der Waals surface area contributed by atoms with Gasteiger partial charge in [0.25, 0.3) is 0 Å². The molecule has 2 atom stereocenters. The second-order valence-corrected chi connectivity index (χ2v) is 8.10. The Hall–Kier alpha value is -1.56. The molecule has 2 aliphatic rings. The Labute approximate surface area is 163 Å². The third-order valence-corrected chi connectivity index (χ3v) is 6.07. The van der Waals surface area contributed by atoms with Gasteiger partial charge < -0.3 is 25.4 Å². The van der Waals surface area contributed by atoms with Crippen molar-refractivity contribution in [2.45, 2.75) is 50.4 Å². The second kappa shape index (κ2) is 9.09. The van der Waals surface area contributed by atoms with Gasteiger partial charge in [-0.05, 0) is 31.4 Å². The number of hydrogen-bond acceptors (Lipinski definition) is 5. The van der Waals surface area contributed by atoms with Crippen LogP contribution >= 0.6 is 0 Å². The van der Waals surface area contributed by atoms with Gasteiger partial charge in [0, 0.05) is 39.3 Å². The predicted molar refractivity (Wildman–Crippen MR) is 109 cm³/mol. The summed E-state index contributed by atoms with van der Waals surface area (Å²) in [6.07, 6.45) is 8.23. The highest BCUT2D eigenvalue weighted by Crippen LogP contribution is 2.45. The van der Waals surface area contributed by atoms with Crippen molar-refractivity contribution in [1.29, 1.82) is 0 Å². The van der Waals surface area contributed by atoms with Crippen molar-refractivity contribution >= 4 is 0 Å². The van der Waals surface area contributed by atoms with Crippen molar-refractivity contribution < 1.29 is 9.84 Å². The van der Waals surface area contributed by atoms with Gasteiger partial charge in [-0.15, -0.1) is 0 Å². The largest absolute Gasteiger partial charge is 0.470 e. The van der Waals surface area contributed by atoms with Gasteiger partial charge in [0.1, 0.15) is 11.4 Å². The van der Waals surface area contributed by atoms with Crippen molar-refractivity contribution in [2.75, 3.05) is 33.7 Å². The number of nitrogens with zero attached hydrogens (tertiary/aromatic N) is 2. The van der Waals surface area contributed by atoms with Crippen LogP contribution in [0.15, 0.2) is 42.3 Å². The Morgan fingerprint density at radius 3 is 2.56 bits per heavy atom. The lowest BCUT2D eigenvalue weighted by molar-refractivity contribution is -0.169. The first-order valence-electron chi connectivity index (χ1n) is 10.3. The molecule has 1 aliphatic heterocycles. The molecule has 1 heterocycles. The maximum absolute atomic E-state index is 12.0. The summed E-state index contributed by atoms with van der Waals surface area (Å²) in [7, 11) is 4.09. The molecule has 5 nitrogen and oxygen atoms in total. The van der Waals surface area contributed by atoms with Crippen molar-refractivity contribution in [1.82, 2.24) is 9.80 Å². The Kier molecular flexibility index (Phi) is 6.79. The van der Waals surface area contributed by atoms with Crippen LogP contribution in [0, 0.1) is 5.92 Å². The molecule has 0 bridgehead atoms. The first kappa shape index (κ1) is 20.2. The molecule has 1 fully saturated rings. The normalized spacial score (nSPS) is 23.2. The monoisotopic (exact) mass is 373 g/mol. The van der Waals surface area contributed by atoms with E-state index in [9.17, 15) is 5.11 Å². The molecule has 0 radical (unpaired) electrons. The quantitative estimate of drug-likeness (QED) is 0.734. The van der Waals surface area contributed by atoms with E-state index in [2.05, 4.69) is 23.0 Å². The number of nitrogens with two attached hydrogens (primary N) is 1. The highest BCUT2D eigenvalue weighted by Gasteiger charge is 2.50. The van der Waals surface area contributed by atoms with E-state index in [0.717, 1.165) is 43.7 Å². The molecule has 1 aliphatic carbocycles. The molecule has 3 rings (SSSR count). The van der Waals surface area contributed by atoms with Gasteiger partial charge in [-0.3, -0.25) is 0 Å². The smallest absolute Gasteiger partial charge is 0.204 e. The fourth-order valence-electron chi connectivity index (χ4n) is 4.54. The molecular formula is C22H35N3O2. The SMILES string of the molecule is CN(CCN)CCC1=CN(C)C([C@](O)(c2ccccc2)C2CCCCC2)O1. The number of rotatable bonds is 8. The Balaban J connectivity index is 1.77. The lowest BCUT2D eigenvalue weighted by atomic mass is 9.72. The van der Waals surface area contributed by atoms with Gasteiger partial charge in [0.15, 0.2) is 0 Å². The van der Waals surface area contributed by atoms with Crippen molar-refractivity contribution in [2.24, 2.45) is 11.7 Å². The molecule has 1 saturated carbocycles. The summed E-state index contributed by atoms with van der Waals surface area (Å²) in [6.45, 7) is 2.44. The van der Waals surface area contributed by atoms with Crippen molar-refractivity contribution in [3.05, 3.63) is 47.9 Å². The summed E-state index contributed by atoms with van der Waals surface area (Å²) in [5.41, 5.74) is 5.59. The molecule has 0 aromatic heterocycles. The molecule has 0 saturated heterocycles. The summed E-state index contributed by atoms with van der Waals surface area (Å²) in [4.78, 5) is 4.27. The highest BCUT2D eigenvalue weighted by atomic mass is 16.5. The van der Waals surface area contributed by atoms with Gasteiger partial charge in [-0.2, -0.15) is 0 Å². The number of likely N-dealkylation sites (N-methyl/N-ethyl adjacent to an activating group) is 2. The van der Waals surface area contributed by atoms with Gasteiger partial charge in [0.2, 0.25) is 6.23 Å². The van der Waals surface area contributed by atoms with Crippen LogP contribution in [0.5, 0.6) is 0 Å². The van der Waals surface area contributed by atoms with E-state index in [4.69, 9.17) is 10.5 Å². The fourth-order valence-corrected chi connectivity index (χ4v) is 4.54. The van der Waals surface area contributed by atoms with Gasteiger partial charge in [-0.1, -0.05) is 49.6 Å². The second-order valence-electron chi connectivity index (χ2n) is 8.10. The minimum Gasteiger partial charge on any atom is -0.470 e. The zero-order chi connectivity index (χ0) is 19.3. The van der Waals surface area contributed by atoms with Crippen LogP contribution in [-0.2, 0) is 10.3 Å². The average Bonchev–Trinajstić information content (AvgIpc) is 3.08. The van der Waals surface area contributed by atoms with E-state index in [0.29, 0.717) is 6.54 Å². The standard InChI is InChI=1S/C22H35N3O2/c1-24(16-14-23)15-13-20-17-25(2)21(27-20)22(26,18-9-5-3-6-10-18)19-11-7-4-8-12-19/h3,5-6,9-10,17,19,21,26H,4,7-8,11-16,23H2,1-2H3/t21?,22-/m0/s1. The molecule has 5 heteroatoms. The van der Waals surface area contributed by atoms with Crippen LogP contribution in [-0.4, -0.2) is 54.9 Å². The Bertz CT molecular complexity index is 615. The van der Waals surface area contributed by atoms with Crippen molar-refractivity contribution in [3.63, 3.8) is 0 Å². The summed E-state index contributed by atoms with van der Waals surface area (Å²) in [5.74, 6) is 1.16. The summed E-state index contributed by atoms with van der Waals surface area (Å²) in [6, 6.07) is 10.1. The maximum atomic E-state index is 12.0. The fraction of sp³-hybridized carbons (Fsp3) is 0.636. The molecule has 1 unspecified atom stereocenters. The number of hydrogen-bond donors (Lipinski definition) is 2. The summed E-state index contributed by atoms with van der Waals surface area (Å²) >= 11 is 0. The Morgan fingerprint density at radius 2 is 1.89 bits per heavy atom. The topological polar surface area (TPSA) is 62.0 Å². The van der Waals surface area contributed by atoms with Crippen LogP contribution in [0.25, 0.3) is 0 Å². The van der Waals surface area contributed by atoms with E-state index in [1.807, 2.05) is 37.4 Å². The molecule has 0 spiro atoms. The van der Waals surface area contributed by atoms with Crippen LogP contribution in [0.2, 0.25) is 0 Å². The van der Waals surface area contributed by atoms with Gasteiger partial charge in [0.05, 0.1) is 0 Å². The zero-order valence-corrected chi connectivity index (χ0v) is 16.8. The highest BCUT2D eigenvalue weighted by molar-refractivity contribution is 5.26. The predicted octanol–water partition coefficient (Wildman–Crippen LogP) is 2.86. The molecule has 27 heavy (non-hydrogen) atoms. The third-order valence-electron chi connectivity index (χ3n) is 6.07. The van der Waals surface area contributed by atoms with E-state index in [1.165, 1.54) is 19.3 Å². The number of benzene rings is 1. The van der Waals surface area contributed by atoms with Crippen LogP contribution < -0.4 is 5.73 Å². The van der Waals surface area contributed by atoms with Gasteiger partial charge >= 0.3 is 0 Å². The first-order valence-corrected chi connectivity index (χ1v) is 10.3. The molecule has 1 aromatic carbocycles. The third kappa shape index (κ3) is 4.48. The van der Waals surface area contributed by atoms with Crippen LogP contribution in [0.3, 0.4) is 0 Å². The molecular weight excluding hydrogens is 338 g/mol. The van der Waals surface area contributed by atoms with E-state index in [-0.39, 0.29) is 12.1 Å². The summed E-state index contributed by atoms with van der Waals surface area (Å²) < 4.78 is 6.35. The first-order chi connectivity index (χ1) is 13.1. The molecule has 3 N–H and O–H groups in total. The van der Waals surface area contributed by atoms with E-state index < -0.39 is 5.60 Å². The molecule has 150 valence electrons. The van der Waals surface area contributed by atoms with E-state index in [1.54, 1.807) is 0 Å². The zero-order valence-electron chi connectivity index (χ0n) is 16.8. The Morgan fingerprint density at radius 1 is 1.19 bits per heavy atom.